The van der Waals surface area contributed by atoms with Crippen LogP contribution < -0.4 is 15.8 Å². The molecule has 2 aromatic carbocycles. The number of halogens is 4. The highest BCUT2D eigenvalue weighted by atomic mass is 35.5. The van der Waals surface area contributed by atoms with Gasteiger partial charge in [-0.05, 0) is 36.2 Å². The minimum Gasteiger partial charge on any atom is -0.478 e. The number of piperazine rings is 1. The Kier molecular flexibility index (Phi) is 7.41. The maximum Gasteiger partial charge on any atom is 0.401 e. The summed E-state index contributed by atoms with van der Waals surface area (Å²) in [5, 5.41) is 13.2. The molecule has 4 rings (SSSR count). The smallest absolute Gasteiger partial charge is 0.401 e. The summed E-state index contributed by atoms with van der Waals surface area (Å²) >= 11 is 6.29. The molecule has 1 aliphatic heterocycles. The van der Waals surface area contributed by atoms with Gasteiger partial charge in [0.15, 0.2) is 0 Å². The van der Waals surface area contributed by atoms with Crippen LogP contribution in [0.2, 0.25) is 5.02 Å². The minimum absolute atomic E-state index is 0.146. The third-order valence-corrected chi connectivity index (χ3v) is 6.34. The number of nitrogens with zero attached hydrogens (tertiary/aromatic N) is 4. The summed E-state index contributed by atoms with van der Waals surface area (Å²) in [5.41, 5.74) is 1.47. The molecule has 0 radical (unpaired) electrons. The molecular formula is C24H25ClF3N5O3. The molecule has 0 spiro atoms. The summed E-state index contributed by atoms with van der Waals surface area (Å²) in [6.45, 7) is 0.409. The number of carboxylic acid groups (broad SMARTS) is 1. The summed E-state index contributed by atoms with van der Waals surface area (Å²) < 4.78 is 39.6. The van der Waals surface area contributed by atoms with Crippen molar-refractivity contribution >= 4 is 40.1 Å². The van der Waals surface area contributed by atoms with Crippen molar-refractivity contribution in [1.82, 2.24) is 14.5 Å². The Bertz CT molecular complexity index is 1340. The molecule has 1 saturated heterocycles. The van der Waals surface area contributed by atoms with Crippen molar-refractivity contribution < 1.29 is 23.1 Å². The molecule has 8 nitrogen and oxygen atoms in total. The van der Waals surface area contributed by atoms with E-state index in [1.807, 2.05) is 4.90 Å². The SMILES string of the molecule is Cn1c(N2CCN(CC(F)(F)F)CC2)nc2c(CCNc3ccccc3C(=O)O)cc(Cl)cc2c1=O. The van der Waals surface area contributed by atoms with Gasteiger partial charge in [-0.25, -0.2) is 9.78 Å². The van der Waals surface area contributed by atoms with Crippen molar-refractivity contribution in [2.45, 2.75) is 12.6 Å². The first-order valence-electron chi connectivity index (χ1n) is 11.3. The van der Waals surface area contributed by atoms with Crippen LogP contribution in [0.25, 0.3) is 10.9 Å². The van der Waals surface area contributed by atoms with Crippen LogP contribution >= 0.6 is 11.6 Å². The first kappa shape index (κ1) is 25.8. The molecule has 1 fully saturated rings. The lowest BCUT2D eigenvalue weighted by atomic mass is 10.1. The van der Waals surface area contributed by atoms with Crippen molar-refractivity contribution in [3.05, 3.63) is 62.9 Å². The molecule has 0 aliphatic carbocycles. The average molecular weight is 524 g/mol. The zero-order chi connectivity index (χ0) is 26.0. The number of aromatic nitrogens is 2. The normalized spacial score (nSPS) is 14.9. The minimum atomic E-state index is -4.26. The van der Waals surface area contributed by atoms with Crippen molar-refractivity contribution in [3.8, 4) is 0 Å². The molecule has 0 atom stereocenters. The topological polar surface area (TPSA) is 90.7 Å². The molecule has 12 heteroatoms. The highest BCUT2D eigenvalue weighted by molar-refractivity contribution is 6.31. The van der Waals surface area contributed by atoms with E-state index in [1.165, 1.54) is 15.5 Å². The number of benzene rings is 2. The molecule has 2 N–H and O–H groups in total. The second-order valence-corrected chi connectivity index (χ2v) is 9.08. The standard InChI is InChI=1S/C24H25ClF3N5O3/c1-31-21(34)18-13-16(25)12-15(6-7-29-19-5-3-2-4-17(19)22(35)36)20(18)30-23(31)33-10-8-32(9-11-33)14-24(26,27)28/h2-5,12-13,29H,6-11,14H2,1H3,(H,35,36). The lowest BCUT2D eigenvalue weighted by Crippen LogP contribution is -2.50. The van der Waals surface area contributed by atoms with Gasteiger partial charge in [-0.1, -0.05) is 23.7 Å². The number of carboxylic acids is 1. The molecule has 3 aromatic rings. The predicted molar refractivity (Wildman–Crippen MR) is 132 cm³/mol. The van der Waals surface area contributed by atoms with Gasteiger partial charge in [-0.15, -0.1) is 0 Å². The van der Waals surface area contributed by atoms with E-state index in [0.717, 1.165) is 0 Å². The number of alkyl halides is 3. The van der Waals surface area contributed by atoms with E-state index in [4.69, 9.17) is 16.6 Å². The second-order valence-electron chi connectivity index (χ2n) is 8.64. The number of aromatic carboxylic acids is 1. The van der Waals surface area contributed by atoms with Crippen molar-refractivity contribution in [3.63, 3.8) is 0 Å². The fourth-order valence-corrected chi connectivity index (χ4v) is 4.63. The lowest BCUT2D eigenvalue weighted by molar-refractivity contribution is -0.146. The van der Waals surface area contributed by atoms with Gasteiger partial charge in [-0.3, -0.25) is 14.3 Å². The molecule has 0 bridgehead atoms. The first-order chi connectivity index (χ1) is 17.0. The van der Waals surface area contributed by atoms with Gasteiger partial charge in [0.25, 0.3) is 5.56 Å². The Hall–Kier alpha value is -3.31. The van der Waals surface area contributed by atoms with Crippen LogP contribution in [0.4, 0.5) is 24.8 Å². The second kappa shape index (κ2) is 10.4. The van der Waals surface area contributed by atoms with Crippen molar-refractivity contribution in [1.29, 1.82) is 0 Å². The van der Waals surface area contributed by atoms with E-state index in [1.54, 1.807) is 37.4 Å². The van der Waals surface area contributed by atoms with E-state index in [2.05, 4.69) is 5.32 Å². The summed E-state index contributed by atoms with van der Waals surface area (Å²) in [6, 6.07) is 9.81. The average Bonchev–Trinajstić information content (AvgIpc) is 2.81. The van der Waals surface area contributed by atoms with E-state index < -0.39 is 18.7 Å². The molecule has 2 heterocycles. The van der Waals surface area contributed by atoms with Crippen LogP contribution in [0.15, 0.2) is 41.2 Å². The number of rotatable bonds is 7. The number of anilines is 2. The van der Waals surface area contributed by atoms with Gasteiger partial charge in [0, 0.05) is 50.5 Å². The van der Waals surface area contributed by atoms with Gasteiger partial charge in [0.05, 0.1) is 23.0 Å². The quantitative estimate of drug-likeness (QED) is 0.489. The van der Waals surface area contributed by atoms with Crippen LogP contribution in [0.1, 0.15) is 15.9 Å². The van der Waals surface area contributed by atoms with E-state index in [9.17, 15) is 27.9 Å². The number of fused-ring (bicyclic) bond motifs is 1. The van der Waals surface area contributed by atoms with Crippen LogP contribution in [0, 0.1) is 0 Å². The van der Waals surface area contributed by atoms with E-state index in [-0.39, 0.29) is 24.2 Å². The predicted octanol–water partition coefficient (Wildman–Crippen LogP) is 3.62. The van der Waals surface area contributed by atoms with Gasteiger partial charge < -0.3 is 15.3 Å². The van der Waals surface area contributed by atoms with Gasteiger partial charge in [0.1, 0.15) is 0 Å². The maximum atomic E-state index is 13.2. The molecule has 0 saturated carbocycles. The zero-order valence-electron chi connectivity index (χ0n) is 19.5. The highest BCUT2D eigenvalue weighted by Crippen LogP contribution is 2.25. The Balaban J connectivity index is 1.59. The van der Waals surface area contributed by atoms with Gasteiger partial charge in [0.2, 0.25) is 5.95 Å². The maximum absolute atomic E-state index is 13.2. The van der Waals surface area contributed by atoms with Crippen LogP contribution in [0.3, 0.4) is 0 Å². The molecule has 1 aromatic heterocycles. The fourth-order valence-electron chi connectivity index (χ4n) is 4.39. The van der Waals surface area contributed by atoms with Gasteiger partial charge >= 0.3 is 12.1 Å². The van der Waals surface area contributed by atoms with Crippen LogP contribution in [-0.2, 0) is 13.5 Å². The lowest BCUT2D eigenvalue weighted by Gasteiger charge is -2.36. The van der Waals surface area contributed by atoms with Gasteiger partial charge in [-0.2, -0.15) is 13.2 Å². The molecule has 1 aliphatic rings. The Labute approximate surface area is 209 Å². The van der Waals surface area contributed by atoms with Crippen LogP contribution in [0.5, 0.6) is 0 Å². The number of carbonyl (C=O) groups is 1. The molecule has 36 heavy (non-hydrogen) atoms. The molecule has 0 unspecified atom stereocenters. The van der Waals surface area contributed by atoms with Crippen LogP contribution in [-0.4, -0.2) is 71.0 Å². The monoisotopic (exact) mass is 523 g/mol. The number of hydrogen-bond acceptors (Lipinski definition) is 6. The molecule has 0 amide bonds. The number of nitrogens with one attached hydrogen (secondary N) is 1. The first-order valence-corrected chi connectivity index (χ1v) is 11.7. The van der Waals surface area contributed by atoms with Crippen molar-refractivity contribution in [2.75, 3.05) is 49.5 Å². The summed E-state index contributed by atoms with van der Waals surface area (Å²) in [5.74, 6) is -0.664. The summed E-state index contributed by atoms with van der Waals surface area (Å²) in [7, 11) is 1.58. The Morgan fingerprint density at radius 3 is 2.53 bits per heavy atom. The third kappa shape index (κ3) is 5.73. The van der Waals surface area contributed by atoms with E-state index in [0.29, 0.717) is 59.2 Å². The fraction of sp³-hybridized carbons (Fsp3) is 0.375. The third-order valence-electron chi connectivity index (χ3n) is 6.13. The summed E-state index contributed by atoms with van der Waals surface area (Å²) in [4.78, 5) is 32.5. The number of para-hydroxylation sites is 1. The number of hydrogen-bond donors (Lipinski definition) is 2. The Morgan fingerprint density at radius 1 is 1.17 bits per heavy atom. The zero-order valence-corrected chi connectivity index (χ0v) is 20.2. The Morgan fingerprint density at radius 2 is 1.86 bits per heavy atom. The van der Waals surface area contributed by atoms with E-state index >= 15 is 0 Å². The molecular weight excluding hydrogens is 499 g/mol. The largest absolute Gasteiger partial charge is 0.478 e. The molecule has 192 valence electrons. The van der Waals surface area contributed by atoms with Crippen molar-refractivity contribution in [2.24, 2.45) is 7.05 Å². The highest BCUT2D eigenvalue weighted by Gasteiger charge is 2.32. The summed E-state index contributed by atoms with van der Waals surface area (Å²) in [6.07, 6.45) is -3.85.